The number of nitrogens with one attached hydrogen (secondary N) is 1. The molecule has 0 amide bonds. The van der Waals surface area contributed by atoms with E-state index in [0.717, 1.165) is 42.9 Å². The lowest BCUT2D eigenvalue weighted by Crippen LogP contribution is -2.20. The summed E-state index contributed by atoms with van der Waals surface area (Å²) in [5.74, 6) is 1.96. The van der Waals surface area contributed by atoms with E-state index in [0.29, 0.717) is 0 Å². The zero-order valence-electron chi connectivity index (χ0n) is 11.3. The maximum absolute atomic E-state index is 4.20. The first kappa shape index (κ1) is 14.0. The standard InChI is InChI=1S/C11H19N7S/c1-3-12-4-7-18-11(14-15-16-18)19-9-8-17-6-5-13-10(17)2/h5-6,12H,3-4,7-9H2,1-2H3. The van der Waals surface area contributed by atoms with Crippen molar-refractivity contribution >= 4 is 11.8 Å². The van der Waals surface area contributed by atoms with E-state index < -0.39 is 0 Å². The van der Waals surface area contributed by atoms with Gasteiger partial charge in [-0.25, -0.2) is 9.67 Å². The Bertz CT molecular complexity index is 493. The molecule has 0 unspecified atom stereocenters. The van der Waals surface area contributed by atoms with Gasteiger partial charge in [-0.3, -0.25) is 0 Å². The second-order valence-electron chi connectivity index (χ2n) is 4.05. The summed E-state index contributed by atoms with van der Waals surface area (Å²) < 4.78 is 3.97. The number of imidazole rings is 1. The molecule has 19 heavy (non-hydrogen) atoms. The van der Waals surface area contributed by atoms with E-state index in [9.17, 15) is 0 Å². The molecule has 2 aromatic rings. The van der Waals surface area contributed by atoms with Crippen LogP contribution in [-0.4, -0.2) is 48.6 Å². The Hall–Kier alpha value is -1.41. The van der Waals surface area contributed by atoms with Crippen LogP contribution in [0.4, 0.5) is 0 Å². The molecular weight excluding hydrogens is 262 g/mol. The van der Waals surface area contributed by atoms with E-state index in [1.165, 1.54) is 0 Å². The minimum absolute atomic E-state index is 0.799. The van der Waals surface area contributed by atoms with Gasteiger partial charge in [-0.15, -0.1) is 5.10 Å². The molecule has 104 valence electrons. The van der Waals surface area contributed by atoms with Gasteiger partial charge in [-0.05, 0) is 23.9 Å². The first-order valence-electron chi connectivity index (χ1n) is 6.38. The smallest absolute Gasteiger partial charge is 0.209 e. The Morgan fingerprint density at radius 3 is 3.00 bits per heavy atom. The highest BCUT2D eigenvalue weighted by molar-refractivity contribution is 7.99. The van der Waals surface area contributed by atoms with E-state index in [1.807, 2.05) is 24.0 Å². The number of nitrogens with zero attached hydrogens (tertiary/aromatic N) is 6. The zero-order chi connectivity index (χ0) is 13.5. The molecule has 7 nitrogen and oxygen atoms in total. The van der Waals surface area contributed by atoms with Crippen molar-refractivity contribution in [2.45, 2.75) is 32.1 Å². The van der Waals surface area contributed by atoms with Crippen LogP contribution in [0.1, 0.15) is 12.7 Å². The quantitative estimate of drug-likeness (QED) is 0.563. The molecule has 0 aliphatic carbocycles. The first-order chi connectivity index (χ1) is 9.31. The summed E-state index contributed by atoms with van der Waals surface area (Å²) in [5, 5.41) is 15.9. The van der Waals surface area contributed by atoms with E-state index in [1.54, 1.807) is 11.8 Å². The van der Waals surface area contributed by atoms with Gasteiger partial charge in [0.15, 0.2) is 0 Å². The Morgan fingerprint density at radius 2 is 2.26 bits per heavy atom. The minimum atomic E-state index is 0.799. The Kier molecular flexibility index (Phi) is 5.34. The fourth-order valence-electron chi connectivity index (χ4n) is 1.68. The van der Waals surface area contributed by atoms with Crippen molar-refractivity contribution in [2.24, 2.45) is 0 Å². The van der Waals surface area contributed by atoms with Crippen molar-refractivity contribution < 1.29 is 0 Å². The summed E-state index contributed by atoms with van der Waals surface area (Å²) in [4.78, 5) is 4.20. The second kappa shape index (κ2) is 7.25. The van der Waals surface area contributed by atoms with Gasteiger partial charge in [-0.1, -0.05) is 18.7 Å². The molecule has 2 aromatic heterocycles. The number of aromatic nitrogens is 6. The van der Waals surface area contributed by atoms with Crippen LogP contribution < -0.4 is 5.32 Å². The molecule has 2 rings (SSSR count). The van der Waals surface area contributed by atoms with E-state index >= 15 is 0 Å². The van der Waals surface area contributed by atoms with Crippen LogP contribution in [0.15, 0.2) is 17.6 Å². The molecule has 0 saturated heterocycles. The van der Waals surface area contributed by atoms with Crippen LogP contribution in [0.25, 0.3) is 0 Å². The van der Waals surface area contributed by atoms with Gasteiger partial charge >= 0.3 is 0 Å². The predicted molar refractivity (Wildman–Crippen MR) is 74.0 cm³/mol. The number of rotatable bonds is 8. The summed E-state index contributed by atoms with van der Waals surface area (Å²) in [7, 11) is 0. The van der Waals surface area contributed by atoms with Crippen molar-refractivity contribution in [1.29, 1.82) is 0 Å². The number of tetrazole rings is 1. The van der Waals surface area contributed by atoms with Gasteiger partial charge in [0.1, 0.15) is 5.82 Å². The minimum Gasteiger partial charge on any atom is -0.334 e. The van der Waals surface area contributed by atoms with Crippen molar-refractivity contribution in [2.75, 3.05) is 18.8 Å². The molecule has 0 aliphatic heterocycles. The largest absolute Gasteiger partial charge is 0.334 e. The van der Waals surface area contributed by atoms with Crippen molar-refractivity contribution in [3.63, 3.8) is 0 Å². The fraction of sp³-hybridized carbons (Fsp3) is 0.636. The number of likely N-dealkylation sites (N-methyl/N-ethyl adjacent to an activating group) is 1. The molecule has 0 spiro atoms. The Morgan fingerprint density at radius 1 is 1.37 bits per heavy atom. The van der Waals surface area contributed by atoms with Crippen LogP contribution in [-0.2, 0) is 13.1 Å². The summed E-state index contributed by atoms with van der Waals surface area (Å²) >= 11 is 1.67. The summed E-state index contributed by atoms with van der Waals surface area (Å²) in [6.45, 7) is 7.65. The summed E-state index contributed by atoms with van der Waals surface area (Å²) in [6.07, 6.45) is 3.81. The molecule has 0 aromatic carbocycles. The van der Waals surface area contributed by atoms with Gasteiger partial charge in [-0.2, -0.15) is 0 Å². The molecular formula is C11H19N7S. The van der Waals surface area contributed by atoms with Crippen LogP contribution in [0.5, 0.6) is 0 Å². The average Bonchev–Trinajstić information content (AvgIpc) is 3.00. The van der Waals surface area contributed by atoms with Crippen molar-refractivity contribution in [1.82, 2.24) is 35.1 Å². The topological polar surface area (TPSA) is 73.5 Å². The molecule has 0 bridgehead atoms. The summed E-state index contributed by atoms with van der Waals surface area (Å²) in [5.41, 5.74) is 0. The van der Waals surface area contributed by atoms with Gasteiger partial charge in [0.05, 0.1) is 6.54 Å². The number of hydrogen-bond acceptors (Lipinski definition) is 6. The highest BCUT2D eigenvalue weighted by atomic mass is 32.2. The highest BCUT2D eigenvalue weighted by Gasteiger charge is 2.06. The fourth-order valence-corrected chi connectivity index (χ4v) is 2.52. The normalized spacial score (nSPS) is 11.1. The first-order valence-corrected chi connectivity index (χ1v) is 7.37. The third kappa shape index (κ3) is 4.03. The molecule has 8 heteroatoms. The molecule has 0 atom stereocenters. The Balaban J connectivity index is 1.79. The second-order valence-corrected chi connectivity index (χ2v) is 5.12. The summed E-state index contributed by atoms with van der Waals surface area (Å²) in [6, 6.07) is 0. The Labute approximate surface area is 116 Å². The van der Waals surface area contributed by atoms with E-state index in [2.05, 4.69) is 37.3 Å². The van der Waals surface area contributed by atoms with Crippen LogP contribution in [0.3, 0.4) is 0 Å². The number of hydrogen-bond donors (Lipinski definition) is 1. The van der Waals surface area contributed by atoms with Gasteiger partial charge < -0.3 is 9.88 Å². The number of aryl methyl sites for hydroxylation is 2. The third-order valence-electron chi connectivity index (χ3n) is 2.74. The lowest BCUT2D eigenvalue weighted by Gasteiger charge is -2.06. The number of thioether (sulfide) groups is 1. The van der Waals surface area contributed by atoms with Crippen molar-refractivity contribution in [3.8, 4) is 0 Å². The molecule has 1 N–H and O–H groups in total. The predicted octanol–water partition coefficient (Wildman–Crippen LogP) is 0.580. The van der Waals surface area contributed by atoms with Crippen LogP contribution in [0.2, 0.25) is 0 Å². The third-order valence-corrected chi connectivity index (χ3v) is 3.67. The molecule has 0 radical (unpaired) electrons. The van der Waals surface area contributed by atoms with Gasteiger partial charge in [0, 0.05) is 31.2 Å². The van der Waals surface area contributed by atoms with Crippen molar-refractivity contribution in [3.05, 3.63) is 18.2 Å². The molecule has 2 heterocycles. The lowest BCUT2D eigenvalue weighted by molar-refractivity contribution is 0.517. The average molecular weight is 281 g/mol. The van der Waals surface area contributed by atoms with Gasteiger partial charge in [0.25, 0.3) is 0 Å². The molecule has 0 saturated carbocycles. The molecule has 0 aliphatic rings. The van der Waals surface area contributed by atoms with E-state index in [-0.39, 0.29) is 0 Å². The zero-order valence-corrected chi connectivity index (χ0v) is 12.1. The van der Waals surface area contributed by atoms with E-state index in [4.69, 9.17) is 0 Å². The van der Waals surface area contributed by atoms with Crippen LogP contribution >= 0.6 is 11.8 Å². The lowest BCUT2D eigenvalue weighted by atomic mass is 10.6. The maximum atomic E-state index is 4.20. The van der Waals surface area contributed by atoms with Crippen LogP contribution in [0, 0.1) is 6.92 Å². The monoisotopic (exact) mass is 281 g/mol. The molecule has 0 fully saturated rings. The maximum Gasteiger partial charge on any atom is 0.209 e. The SMILES string of the molecule is CCNCCn1nnnc1SCCn1ccnc1C. The van der Waals surface area contributed by atoms with Gasteiger partial charge in [0.2, 0.25) is 5.16 Å². The highest BCUT2D eigenvalue weighted by Crippen LogP contribution is 2.14.